The van der Waals surface area contributed by atoms with Gasteiger partial charge in [0, 0.05) is 24.4 Å². The van der Waals surface area contributed by atoms with E-state index in [2.05, 4.69) is 21.5 Å². The fourth-order valence-electron chi connectivity index (χ4n) is 2.45. The zero-order valence-corrected chi connectivity index (χ0v) is 11.7. The average Bonchev–Trinajstić information content (AvgIpc) is 2.69. The number of benzene rings is 1. The molecule has 106 valence electrons. The van der Waals surface area contributed by atoms with Crippen molar-refractivity contribution < 1.29 is 9.63 Å². The molecule has 5 heteroatoms. The molecule has 21 heavy (non-hydrogen) atoms. The van der Waals surface area contributed by atoms with E-state index in [4.69, 9.17) is 4.84 Å². The minimum Gasteiger partial charge on any atom is -0.323 e. The Labute approximate surface area is 122 Å². The summed E-state index contributed by atoms with van der Waals surface area (Å²) in [6, 6.07) is 11.8. The Morgan fingerprint density at radius 3 is 2.86 bits per heavy atom. The van der Waals surface area contributed by atoms with Gasteiger partial charge in [-0.1, -0.05) is 29.4 Å². The van der Waals surface area contributed by atoms with Crippen LogP contribution in [-0.2, 0) is 17.7 Å². The van der Waals surface area contributed by atoms with Crippen LogP contribution in [-0.4, -0.2) is 23.8 Å². The maximum Gasteiger partial charge on any atom is 0.433 e. The Balaban J connectivity index is 2.13. The highest BCUT2D eigenvalue weighted by Gasteiger charge is 2.20. The van der Waals surface area contributed by atoms with Gasteiger partial charge in [0.2, 0.25) is 0 Å². The third-order valence-corrected chi connectivity index (χ3v) is 3.47. The van der Waals surface area contributed by atoms with Crippen molar-refractivity contribution in [3.8, 4) is 0 Å². The molecule has 2 aromatic rings. The summed E-state index contributed by atoms with van der Waals surface area (Å²) >= 11 is 0. The molecule has 0 atom stereocenters. The minimum absolute atomic E-state index is 0.588. The van der Waals surface area contributed by atoms with Crippen molar-refractivity contribution in [2.45, 2.75) is 12.8 Å². The smallest absolute Gasteiger partial charge is 0.323 e. The lowest BCUT2D eigenvalue weighted by atomic mass is 10.00. The van der Waals surface area contributed by atoms with Crippen LogP contribution < -0.4 is 5.32 Å². The van der Waals surface area contributed by atoms with Gasteiger partial charge >= 0.3 is 6.09 Å². The van der Waals surface area contributed by atoms with Crippen molar-refractivity contribution in [1.29, 1.82) is 0 Å². The number of rotatable bonds is 1. The van der Waals surface area contributed by atoms with Crippen LogP contribution in [0.25, 0.3) is 0 Å². The number of amides is 1. The lowest BCUT2D eigenvalue weighted by Crippen LogP contribution is -2.18. The fraction of sp³-hybridized carbons (Fsp3) is 0.188. The highest BCUT2D eigenvalue weighted by Crippen LogP contribution is 2.23. The van der Waals surface area contributed by atoms with Crippen LogP contribution in [0.1, 0.15) is 22.4 Å². The Morgan fingerprint density at radius 1 is 1.19 bits per heavy atom. The molecule has 0 unspecified atom stereocenters. The fourth-order valence-corrected chi connectivity index (χ4v) is 2.45. The van der Waals surface area contributed by atoms with E-state index >= 15 is 0 Å². The summed E-state index contributed by atoms with van der Waals surface area (Å²) in [4.78, 5) is 20.6. The van der Waals surface area contributed by atoms with Crippen molar-refractivity contribution in [2.75, 3.05) is 7.05 Å². The summed E-state index contributed by atoms with van der Waals surface area (Å²) in [5, 5.41) is 6.45. The van der Waals surface area contributed by atoms with Crippen LogP contribution in [0.2, 0.25) is 0 Å². The number of carbonyl (C=O) groups is 1. The molecule has 0 aliphatic heterocycles. The number of aromatic nitrogens is 1. The molecule has 0 saturated carbocycles. The minimum atomic E-state index is -0.588. The third-order valence-electron chi connectivity index (χ3n) is 3.47. The second-order valence-corrected chi connectivity index (χ2v) is 4.72. The molecule has 1 amide bonds. The van der Waals surface area contributed by atoms with Crippen molar-refractivity contribution in [3.63, 3.8) is 0 Å². The van der Waals surface area contributed by atoms with Crippen LogP contribution in [0.5, 0.6) is 0 Å². The SMILES string of the molecule is CNC(=O)O/N=C1\c2ccccc2CCc2ncccc21. The Morgan fingerprint density at radius 2 is 2.00 bits per heavy atom. The highest BCUT2D eigenvalue weighted by molar-refractivity contribution is 6.14. The van der Waals surface area contributed by atoms with Crippen LogP contribution in [0.4, 0.5) is 4.79 Å². The highest BCUT2D eigenvalue weighted by atomic mass is 16.7. The molecule has 1 aliphatic rings. The number of aryl methyl sites for hydroxylation is 2. The van der Waals surface area contributed by atoms with Gasteiger partial charge in [0.25, 0.3) is 0 Å². The van der Waals surface area contributed by atoms with E-state index in [1.165, 1.54) is 12.6 Å². The number of hydrogen-bond donors (Lipinski definition) is 1. The summed E-state index contributed by atoms with van der Waals surface area (Å²) in [7, 11) is 1.50. The zero-order valence-electron chi connectivity index (χ0n) is 11.7. The van der Waals surface area contributed by atoms with Crippen molar-refractivity contribution in [2.24, 2.45) is 5.16 Å². The van der Waals surface area contributed by atoms with E-state index < -0.39 is 6.09 Å². The lowest BCUT2D eigenvalue weighted by molar-refractivity contribution is 0.153. The van der Waals surface area contributed by atoms with Crippen molar-refractivity contribution in [1.82, 2.24) is 10.3 Å². The van der Waals surface area contributed by atoms with Gasteiger partial charge < -0.3 is 5.32 Å². The van der Waals surface area contributed by atoms with Crippen LogP contribution in [0.15, 0.2) is 47.8 Å². The monoisotopic (exact) mass is 281 g/mol. The first-order valence-electron chi connectivity index (χ1n) is 6.79. The normalized spacial score (nSPS) is 14.8. The standard InChI is InChI=1S/C16H15N3O2/c1-17-16(20)21-19-15-12-6-3-2-5-11(12)8-9-14-13(15)7-4-10-18-14/h2-7,10H,8-9H2,1H3,(H,17,20)/b19-15+. The van der Waals surface area contributed by atoms with Gasteiger partial charge in [0.1, 0.15) is 5.71 Å². The quantitative estimate of drug-likeness (QED) is 0.644. The van der Waals surface area contributed by atoms with E-state index in [1.807, 2.05) is 30.3 Å². The Bertz CT molecular complexity index is 661. The van der Waals surface area contributed by atoms with Gasteiger partial charge in [0.15, 0.2) is 0 Å². The maximum absolute atomic E-state index is 11.3. The Hall–Kier alpha value is -2.69. The van der Waals surface area contributed by atoms with Gasteiger partial charge in [-0.05, 0) is 30.5 Å². The predicted molar refractivity (Wildman–Crippen MR) is 79.3 cm³/mol. The average molecular weight is 281 g/mol. The summed E-state index contributed by atoms with van der Waals surface area (Å²) < 4.78 is 0. The number of carbonyl (C=O) groups excluding carboxylic acids is 1. The molecular formula is C16H15N3O2. The van der Waals surface area contributed by atoms with Gasteiger partial charge in [0.05, 0.1) is 5.69 Å². The summed E-state index contributed by atoms with van der Waals surface area (Å²) in [5.74, 6) is 0. The molecule has 1 aliphatic carbocycles. The first kappa shape index (κ1) is 13.3. The van der Waals surface area contributed by atoms with Gasteiger partial charge in [-0.3, -0.25) is 9.82 Å². The molecule has 0 saturated heterocycles. The number of fused-ring (bicyclic) bond motifs is 2. The molecule has 0 bridgehead atoms. The molecule has 3 rings (SSSR count). The van der Waals surface area contributed by atoms with E-state index in [9.17, 15) is 4.79 Å². The summed E-state index contributed by atoms with van der Waals surface area (Å²) in [6.45, 7) is 0. The number of nitrogens with zero attached hydrogens (tertiary/aromatic N) is 2. The van der Waals surface area contributed by atoms with Crippen molar-refractivity contribution in [3.05, 3.63) is 65.0 Å². The topological polar surface area (TPSA) is 63.6 Å². The summed E-state index contributed by atoms with van der Waals surface area (Å²) in [6.07, 6.45) is 2.91. The molecular weight excluding hydrogens is 266 g/mol. The van der Waals surface area contributed by atoms with E-state index in [0.29, 0.717) is 5.71 Å². The van der Waals surface area contributed by atoms with Crippen LogP contribution in [0.3, 0.4) is 0 Å². The number of hydrogen-bond acceptors (Lipinski definition) is 4. The van der Waals surface area contributed by atoms with E-state index in [-0.39, 0.29) is 0 Å². The first-order valence-corrected chi connectivity index (χ1v) is 6.79. The van der Waals surface area contributed by atoms with E-state index in [0.717, 1.165) is 29.7 Å². The second kappa shape index (κ2) is 5.75. The molecule has 5 nitrogen and oxygen atoms in total. The Kier molecular flexibility index (Phi) is 3.64. The number of pyridine rings is 1. The van der Waals surface area contributed by atoms with Gasteiger partial charge in [-0.25, -0.2) is 4.79 Å². The maximum atomic E-state index is 11.3. The zero-order chi connectivity index (χ0) is 14.7. The molecule has 1 aromatic carbocycles. The third kappa shape index (κ3) is 2.63. The van der Waals surface area contributed by atoms with Gasteiger partial charge in [-0.15, -0.1) is 0 Å². The lowest BCUT2D eigenvalue weighted by Gasteiger charge is -2.08. The van der Waals surface area contributed by atoms with Crippen LogP contribution in [0, 0.1) is 0 Å². The largest absolute Gasteiger partial charge is 0.433 e. The molecule has 0 radical (unpaired) electrons. The molecule has 1 heterocycles. The molecule has 1 aromatic heterocycles. The predicted octanol–water partition coefficient (Wildman–Crippen LogP) is 2.29. The second-order valence-electron chi connectivity index (χ2n) is 4.72. The van der Waals surface area contributed by atoms with Crippen LogP contribution >= 0.6 is 0 Å². The molecule has 0 fully saturated rings. The number of oxime groups is 1. The van der Waals surface area contributed by atoms with Crippen molar-refractivity contribution >= 4 is 11.8 Å². The molecule has 1 N–H and O–H groups in total. The summed E-state index contributed by atoms with van der Waals surface area (Å²) in [5.41, 5.74) is 4.68. The van der Waals surface area contributed by atoms with E-state index in [1.54, 1.807) is 6.20 Å². The first-order chi connectivity index (χ1) is 10.3. The van der Waals surface area contributed by atoms with Gasteiger partial charge in [-0.2, -0.15) is 0 Å². The molecule has 0 spiro atoms. The number of nitrogens with one attached hydrogen (secondary N) is 1.